The van der Waals surface area contributed by atoms with E-state index in [1.165, 1.54) is 17.7 Å². The van der Waals surface area contributed by atoms with E-state index in [-0.39, 0.29) is 17.5 Å². The number of nitro benzene ring substituents is 1. The van der Waals surface area contributed by atoms with Crippen LogP contribution in [-0.4, -0.2) is 15.1 Å². The summed E-state index contributed by atoms with van der Waals surface area (Å²) in [5.41, 5.74) is 2.93. The molecule has 0 radical (unpaired) electrons. The van der Waals surface area contributed by atoms with Gasteiger partial charge in [0.25, 0.3) is 5.69 Å². The molecule has 0 spiro atoms. The molecule has 0 aliphatic rings. The molecule has 3 rings (SSSR count). The standard InChI is InChI=1S/C20H21N3O3/c1-13(2)11-15-7-9-16(10-8-15)14(3)19-21-22-20(26-19)17-5-4-6-18(12-17)23(24)25/h4-10,12-14H,11H2,1-3H3. The van der Waals surface area contributed by atoms with Gasteiger partial charge in [0.15, 0.2) is 0 Å². The van der Waals surface area contributed by atoms with Crippen molar-refractivity contribution in [1.29, 1.82) is 0 Å². The third-order valence-electron chi connectivity index (χ3n) is 4.24. The SMILES string of the molecule is CC(C)Cc1ccc(C(C)c2nnc(-c3cccc([N+](=O)[O-])c3)o2)cc1. The average Bonchev–Trinajstić information content (AvgIpc) is 3.11. The molecule has 6 nitrogen and oxygen atoms in total. The number of nitrogens with zero attached hydrogens (tertiary/aromatic N) is 3. The van der Waals surface area contributed by atoms with Gasteiger partial charge < -0.3 is 4.42 Å². The lowest BCUT2D eigenvalue weighted by Crippen LogP contribution is -1.98. The molecule has 0 saturated heterocycles. The maximum absolute atomic E-state index is 10.9. The zero-order valence-electron chi connectivity index (χ0n) is 15.0. The number of benzene rings is 2. The molecule has 26 heavy (non-hydrogen) atoms. The third kappa shape index (κ3) is 3.96. The molecule has 0 saturated carbocycles. The van der Waals surface area contributed by atoms with Crippen LogP contribution in [0, 0.1) is 16.0 Å². The first-order valence-corrected chi connectivity index (χ1v) is 8.61. The second-order valence-corrected chi connectivity index (χ2v) is 6.81. The Bertz CT molecular complexity index is 901. The first kappa shape index (κ1) is 17.8. The van der Waals surface area contributed by atoms with E-state index >= 15 is 0 Å². The summed E-state index contributed by atoms with van der Waals surface area (Å²) in [5.74, 6) is 1.34. The molecule has 0 amide bonds. The molecular formula is C20H21N3O3. The van der Waals surface area contributed by atoms with Crippen molar-refractivity contribution in [3.8, 4) is 11.5 Å². The zero-order valence-corrected chi connectivity index (χ0v) is 15.0. The molecule has 1 aromatic heterocycles. The van der Waals surface area contributed by atoms with Crippen LogP contribution in [0.4, 0.5) is 5.69 Å². The molecule has 0 fully saturated rings. The number of hydrogen-bond acceptors (Lipinski definition) is 5. The van der Waals surface area contributed by atoms with Gasteiger partial charge in [-0.15, -0.1) is 10.2 Å². The summed E-state index contributed by atoms with van der Waals surface area (Å²) in [6.07, 6.45) is 1.05. The first-order chi connectivity index (χ1) is 12.4. The summed E-state index contributed by atoms with van der Waals surface area (Å²) < 4.78 is 5.77. The Hall–Kier alpha value is -3.02. The van der Waals surface area contributed by atoms with Gasteiger partial charge >= 0.3 is 0 Å². The lowest BCUT2D eigenvalue weighted by molar-refractivity contribution is -0.384. The van der Waals surface area contributed by atoms with Gasteiger partial charge in [0, 0.05) is 17.7 Å². The van der Waals surface area contributed by atoms with Crippen molar-refractivity contribution in [3.63, 3.8) is 0 Å². The van der Waals surface area contributed by atoms with Crippen LogP contribution in [0.3, 0.4) is 0 Å². The maximum Gasteiger partial charge on any atom is 0.270 e. The molecule has 0 N–H and O–H groups in total. The summed E-state index contributed by atoms with van der Waals surface area (Å²) in [5, 5.41) is 19.1. The number of nitro groups is 1. The Morgan fingerprint density at radius 2 is 1.81 bits per heavy atom. The van der Waals surface area contributed by atoms with E-state index in [1.807, 2.05) is 6.92 Å². The van der Waals surface area contributed by atoms with Gasteiger partial charge in [0.1, 0.15) is 0 Å². The lowest BCUT2D eigenvalue weighted by atomic mass is 9.97. The lowest BCUT2D eigenvalue weighted by Gasteiger charge is -2.09. The second-order valence-electron chi connectivity index (χ2n) is 6.81. The number of rotatable bonds is 6. The highest BCUT2D eigenvalue weighted by molar-refractivity contribution is 5.57. The Labute approximate surface area is 152 Å². The molecular weight excluding hydrogens is 330 g/mol. The smallest absolute Gasteiger partial charge is 0.270 e. The van der Waals surface area contributed by atoms with Crippen LogP contribution in [-0.2, 0) is 6.42 Å². The Kier molecular flexibility index (Phi) is 5.11. The van der Waals surface area contributed by atoms with Crippen LogP contribution in [0.15, 0.2) is 52.9 Å². The van der Waals surface area contributed by atoms with Crippen molar-refractivity contribution in [1.82, 2.24) is 10.2 Å². The molecule has 2 aromatic carbocycles. The highest BCUT2D eigenvalue weighted by Gasteiger charge is 2.18. The van der Waals surface area contributed by atoms with Gasteiger partial charge in [0.05, 0.1) is 10.8 Å². The third-order valence-corrected chi connectivity index (χ3v) is 4.24. The van der Waals surface area contributed by atoms with E-state index in [9.17, 15) is 10.1 Å². The normalized spacial score (nSPS) is 12.3. The van der Waals surface area contributed by atoms with Crippen molar-refractivity contribution < 1.29 is 9.34 Å². The molecule has 134 valence electrons. The van der Waals surface area contributed by atoms with Gasteiger partial charge in [-0.3, -0.25) is 10.1 Å². The van der Waals surface area contributed by atoms with Crippen molar-refractivity contribution in [2.45, 2.75) is 33.1 Å². The van der Waals surface area contributed by atoms with Crippen molar-refractivity contribution in [3.05, 3.63) is 75.7 Å². The summed E-state index contributed by atoms with van der Waals surface area (Å²) in [6, 6.07) is 14.6. The summed E-state index contributed by atoms with van der Waals surface area (Å²) in [6.45, 7) is 6.40. The van der Waals surface area contributed by atoms with Crippen LogP contribution < -0.4 is 0 Å². The van der Waals surface area contributed by atoms with Crippen molar-refractivity contribution >= 4 is 5.69 Å². The fourth-order valence-electron chi connectivity index (χ4n) is 2.84. The number of hydrogen-bond donors (Lipinski definition) is 0. The topological polar surface area (TPSA) is 82.1 Å². The van der Waals surface area contributed by atoms with Gasteiger partial charge in [-0.1, -0.05) is 44.2 Å². The van der Waals surface area contributed by atoms with Crippen LogP contribution >= 0.6 is 0 Å². The fraction of sp³-hybridized carbons (Fsp3) is 0.300. The number of aromatic nitrogens is 2. The Morgan fingerprint density at radius 3 is 2.46 bits per heavy atom. The second kappa shape index (κ2) is 7.47. The minimum atomic E-state index is -0.442. The molecule has 3 aromatic rings. The van der Waals surface area contributed by atoms with Gasteiger partial charge in [-0.25, -0.2) is 0 Å². The molecule has 1 atom stereocenters. The van der Waals surface area contributed by atoms with Crippen LogP contribution in [0.2, 0.25) is 0 Å². The zero-order chi connectivity index (χ0) is 18.7. The van der Waals surface area contributed by atoms with Gasteiger partial charge in [-0.2, -0.15) is 0 Å². The quantitative estimate of drug-likeness (QED) is 0.461. The fourth-order valence-corrected chi connectivity index (χ4v) is 2.84. The van der Waals surface area contributed by atoms with E-state index in [2.05, 4.69) is 48.3 Å². The molecule has 0 aliphatic heterocycles. The maximum atomic E-state index is 10.9. The molecule has 1 heterocycles. The molecule has 0 aliphatic carbocycles. The van der Waals surface area contributed by atoms with E-state index in [0.29, 0.717) is 17.4 Å². The largest absolute Gasteiger partial charge is 0.420 e. The van der Waals surface area contributed by atoms with Crippen LogP contribution in [0.25, 0.3) is 11.5 Å². The molecule has 0 bridgehead atoms. The van der Waals surface area contributed by atoms with E-state index in [0.717, 1.165) is 12.0 Å². The van der Waals surface area contributed by atoms with Gasteiger partial charge in [-0.05, 0) is 36.5 Å². The van der Waals surface area contributed by atoms with E-state index < -0.39 is 4.92 Å². The first-order valence-electron chi connectivity index (χ1n) is 8.61. The van der Waals surface area contributed by atoms with Crippen LogP contribution in [0.1, 0.15) is 43.7 Å². The molecule has 6 heteroatoms. The minimum absolute atomic E-state index is 0.00367. The van der Waals surface area contributed by atoms with Crippen molar-refractivity contribution in [2.24, 2.45) is 5.92 Å². The summed E-state index contributed by atoms with van der Waals surface area (Å²) in [7, 11) is 0. The highest BCUT2D eigenvalue weighted by atomic mass is 16.6. The monoisotopic (exact) mass is 351 g/mol. The summed E-state index contributed by atoms with van der Waals surface area (Å²) >= 11 is 0. The van der Waals surface area contributed by atoms with E-state index in [1.54, 1.807) is 12.1 Å². The van der Waals surface area contributed by atoms with Crippen LogP contribution in [0.5, 0.6) is 0 Å². The molecule has 1 unspecified atom stereocenters. The average molecular weight is 351 g/mol. The van der Waals surface area contributed by atoms with Crippen molar-refractivity contribution in [2.75, 3.05) is 0 Å². The number of non-ortho nitro benzene ring substituents is 1. The predicted molar refractivity (Wildman–Crippen MR) is 98.9 cm³/mol. The summed E-state index contributed by atoms with van der Waals surface area (Å²) in [4.78, 5) is 10.5. The Morgan fingerprint density at radius 1 is 1.08 bits per heavy atom. The highest BCUT2D eigenvalue weighted by Crippen LogP contribution is 2.28. The predicted octanol–water partition coefficient (Wildman–Crippen LogP) is 5.00. The Balaban J connectivity index is 1.80. The van der Waals surface area contributed by atoms with E-state index in [4.69, 9.17) is 4.42 Å². The minimum Gasteiger partial charge on any atom is -0.420 e. The van der Waals surface area contributed by atoms with Gasteiger partial charge in [0.2, 0.25) is 11.8 Å².